The second kappa shape index (κ2) is 12.5. The van der Waals surface area contributed by atoms with Gasteiger partial charge in [-0.15, -0.1) is 0 Å². The van der Waals surface area contributed by atoms with Crippen LogP contribution in [0.3, 0.4) is 0 Å². The molecule has 0 saturated heterocycles. The van der Waals surface area contributed by atoms with E-state index in [0.29, 0.717) is 37.2 Å². The summed E-state index contributed by atoms with van der Waals surface area (Å²) >= 11 is 0. The maximum Gasteiger partial charge on any atom is 0.0976 e. The number of rotatable bonds is 8. The van der Waals surface area contributed by atoms with Crippen molar-refractivity contribution in [1.29, 1.82) is 0 Å². The van der Waals surface area contributed by atoms with Gasteiger partial charge >= 0.3 is 0 Å². The van der Waals surface area contributed by atoms with E-state index in [2.05, 4.69) is 22.8 Å². The first-order valence-electron chi connectivity index (χ1n) is 14.3. The van der Waals surface area contributed by atoms with Crippen molar-refractivity contribution in [1.82, 2.24) is 10.6 Å². The minimum atomic E-state index is -0.598. The van der Waals surface area contributed by atoms with E-state index in [1.165, 1.54) is 0 Å². The van der Waals surface area contributed by atoms with Crippen LogP contribution in [0.25, 0.3) is 0 Å². The summed E-state index contributed by atoms with van der Waals surface area (Å²) in [7, 11) is 0. The van der Waals surface area contributed by atoms with E-state index in [4.69, 9.17) is 0 Å². The van der Waals surface area contributed by atoms with E-state index in [0.717, 1.165) is 60.8 Å². The van der Waals surface area contributed by atoms with E-state index in [1.54, 1.807) is 0 Å². The Morgan fingerprint density at radius 2 is 1.11 bits per heavy atom. The van der Waals surface area contributed by atoms with Crippen LogP contribution in [0, 0.1) is 0 Å². The molecule has 1 fully saturated rings. The van der Waals surface area contributed by atoms with Crippen LogP contribution in [-0.2, 0) is 0 Å². The van der Waals surface area contributed by atoms with E-state index in [-0.39, 0.29) is 24.2 Å². The molecule has 0 heterocycles. The maximum absolute atomic E-state index is 10.9. The first-order valence-corrected chi connectivity index (χ1v) is 14.3. The lowest BCUT2D eigenvalue weighted by Crippen LogP contribution is -2.57. The first kappa shape index (κ1) is 26.9. The van der Waals surface area contributed by atoms with Gasteiger partial charge in [-0.3, -0.25) is 0 Å². The van der Waals surface area contributed by atoms with Crippen LogP contribution in [0.1, 0.15) is 64.2 Å². The molecule has 0 amide bonds. The molecule has 0 aliphatic heterocycles. The van der Waals surface area contributed by atoms with Gasteiger partial charge in [0, 0.05) is 36.1 Å². The van der Waals surface area contributed by atoms with Crippen molar-refractivity contribution in [2.24, 2.45) is 0 Å². The zero-order valence-electron chi connectivity index (χ0n) is 22.1. The molecule has 2 unspecified atom stereocenters. The molecule has 0 aromatic heterocycles. The van der Waals surface area contributed by atoms with Crippen LogP contribution < -0.4 is 10.6 Å². The highest BCUT2D eigenvalue weighted by atomic mass is 16.3. The van der Waals surface area contributed by atoms with Crippen molar-refractivity contribution in [2.45, 2.75) is 101 Å². The van der Waals surface area contributed by atoms with Crippen molar-refractivity contribution in [3.05, 3.63) is 94.6 Å². The fraction of sp³-hybridized carbons (Fsp3) is 0.500. The predicted molar refractivity (Wildman–Crippen MR) is 152 cm³/mol. The van der Waals surface area contributed by atoms with Gasteiger partial charge in [0.2, 0.25) is 0 Å². The third kappa shape index (κ3) is 5.99. The molecule has 5 aliphatic carbocycles. The van der Waals surface area contributed by atoms with E-state index < -0.39 is 12.2 Å². The second-order valence-electron chi connectivity index (χ2n) is 11.1. The zero-order valence-corrected chi connectivity index (χ0v) is 22.1. The van der Waals surface area contributed by atoms with Gasteiger partial charge in [-0.1, -0.05) is 73.6 Å². The molecule has 204 valence electrons. The molecule has 6 heteroatoms. The summed E-state index contributed by atoms with van der Waals surface area (Å²) in [6, 6.07) is -0.417. The Labute approximate surface area is 226 Å². The van der Waals surface area contributed by atoms with Gasteiger partial charge in [0.25, 0.3) is 0 Å². The quantitative estimate of drug-likeness (QED) is 0.269. The van der Waals surface area contributed by atoms with Gasteiger partial charge in [-0.25, -0.2) is 0 Å². The average molecular weight is 519 g/mol. The number of hydrogen-bond donors (Lipinski definition) is 6. The fourth-order valence-electron chi connectivity index (χ4n) is 6.40. The Kier molecular flexibility index (Phi) is 8.85. The SMILES string of the molecule is OC1=C(C(N[C@@H]2CCCC[C@H]2NC(C2=CC=CC[C@H]2O)C2=C(O)CCC=C2)C2=CC=CC[C@H]2O)C=CCC1. The Hall–Kier alpha value is -2.64. The summed E-state index contributed by atoms with van der Waals surface area (Å²) in [6.07, 6.45) is 27.0. The number of hydrogen-bond acceptors (Lipinski definition) is 6. The summed E-state index contributed by atoms with van der Waals surface area (Å²) < 4.78 is 0. The lowest BCUT2D eigenvalue weighted by molar-refractivity contribution is 0.189. The van der Waals surface area contributed by atoms with Gasteiger partial charge in [0.05, 0.1) is 35.8 Å². The van der Waals surface area contributed by atoms with Crippen LogP contribution in [-0.4, -0.2) is 56.8 Å². The van der Waals surface area contributed by atoms with E-state index in [9.17, 15) is 20.4 Å². The molecule has 5 aliphatic rings. The van der Waals surface area contributed by atoms with Crippen molar-refractivity contribution in [3.63, 3.8) is 0 Å². The molecule has 1 saturated carbocycles. The summed E-state index contributed by atoms with van der Waals surface area (Å²) in [5.41, 5.74) is 3.44. The maximum atomic E-state index is 10.9. The van der Waals surface area contributed by atoms with Crippen molar-refractivity contribution < 1.29 is 20.4 Å². The monoisotopic (exact) mass is 518 g/mol. The lowest BCUT2D eigenvalue weighted by atomic mass is 9.82. The minimum Gasteiger partial charge on any atom is -0.512 e. The molecule has 0 radical (unpaired) electrons. The zero-order chi connectivity index (χ0) is 26.5. The van der Waals surface area contributed by atoms with Crippen molar-refractivity contribution in [3.8, 4) is 0 Å². The number of allylic oxidation sites excluding steroid dienone is 8. The molecule has 0 aromatic carbocycles. The summed E-state index contributed by atoms with van der Waals surface area (Å²) in [6.45, 7) is 0. The van der Waals surface area contributed by atoms with Crippen LogP contribution in [0.2, 0.25) is 0 Å². The fourth-order valence-corrected chi connectivity index (χ4v) is 6.40. The highest BCUT2D eigenvalue weighted by Crippen LogP contribution is 2.32. The molecule has 6 N–H and O–H groups in total. The minimum absolute atomic E-state index is 0.0815. The largest absolute Gasteiger partial charge is 0.512 e. The molecule has 6 atom stereocenters. The predicted octanol–water partition coefficient (Wildman–Crippen LogP) is 5.03. The standard InChI is InChI=1S/C32H42N2O4/c35-27-17-7-1-11-21(27)31(22-12-2-8-18-28(22)36)33-25-15-5-6-16-26(25)34-32(23-13-3-9-19-29(23)37)24-14-4-10-20-30(24)38/h1-4,7,9,11-14,25-27,29,31-38H,5-6,8,10,15-20H2/t25-,26-,27-,29-,31?,32?/m1/s1. The molecule has 38 heavy (non-hydrogen) atoms. The topological polar surface area (TPSA) is 105 Å². The van der Waals surface area contributed by atoms with Gasteiger partial charge < -0.3 is 31.1 Å². The van der Waals surface area contributed by atoms with Crippen molar-refractivity contribution in [2.75, 3.05) is 0 Å². The summed E-state index contributed by atoms with van der Waals surface area (Å²) in [4.78, 5) is 0. The van der Waals surface area contributed by atoms with Gasteiger partial charge in [-0.05, 0) is 49.7 Å². The second-order valence-corrected chi connectivity index (χ2v) is 11.1. The van der Waals surface area contributed by atoms with Crippen LogP contribution in [0.4, 0.5) is 0 Å². The molecular weight excluding hydrogens is 476 g/mol. The first-order chi connectivity index (χ1) is 18.5. The van der Waals surface area contributed by atoms with Crippen LogP contribution >= 0.6 is 0 Å². The van der Waals surface area contributed by atoms with Crippen LogP contribution in [0.15, 0.2) is 94.6 Å². The van der Waals surface area contributed by atoms with Crippen LogP contribution in [0.5, 0.6) is 0 Å². The molecule has 0 bridgehead atoms. The number of nitrogens with one attached hydrogen (secondary N) is 2. The third-order valence-corrected chi connectivity index (χ3v) is 8.51. The summed E-state index contributed by atoms with van der Waals surface area (Å²) in [5.74, 6) is 0.770. The Balaban J connectivity index is 1.45. The normalized spacial score (nSPS) is 31.3. The molecular formula is C32H42N2O4. The van der Waals surface area contributed by atoms with Gasteiger partial charge in [-0.2, -0.15) is 0 Å². The number of aliphatic hydroxyl groups is 4. The third-order valence-electron chi connectivity index (χ3n) is 8.51. The molecule has 5 rings (SSSR count). The van der Waals surface area contributed by atoms with E-state index in [1.807, 2.05) is 48.6 Å². The molecule has 0 spiro atoms. The van der Waals surface area contributed by atoms with Gasteiger partial charge in [0.1, 0.15) is 0 Å². The van der Waals surface area contributed by atoms with Gasteiger partial charge in [0.15, 0.2) is 0 Å². The highest BCUT2D eigenvalue weighted by molar-refractivity contribution is 5.43. The van der Waals surface area contributed by atoms with Crippen molar-refractivity contribution >= 4 is 0 Å². The Bertz CT molecular complexity index is 1030. The molecule has 0 aromatic rings. The lowest BCUT2D eigenvalue weighted by Gasteiger charge is -2.41. The smallest absolute Gasteiger partial charge is 0.0976 e. The highest BCUT2D eigenvalue weighted by Gasteiger charge is 2.36. The molecule has 6 nitrogen and oxygen atoms in total. The average Bonchev–Trinajstić information content (AvgIpc) is 2.93. The Morgan fingerprint density at radius 1 is 0.658 bits per heavy atom. The number of aliphatic hydroxyl groups excluding tert-OH is 4. The summed E-state index contributed by atoms with van der Waals surface area (Å²) in [5, 5.41) is 51.2. The Morgan fingerprint density at radius 3 is 1.50 bits per heavy atom. The van der Waals surface area contributed by atoms with E-state index >= 15 is 0 Å².